The highest BCUT2D eigenvalue weighted by Gasteiger charge is 2.29. The molecule has 0 fully saturated rings. The topological polar surface area (TPSA) is 82.2 Å². The van der Waals surface area contributed by atoms with Gasteiger partial charge in [0.05, 0.1) is 23.6 Å². The zero-order valence-electron chi connectivity index (χ0n) is 12.9. The summed E-state index contributed by atoms with van der Waals surface area (Å²) in [6, 6.07) is 0. The molecule has 0 atom stereocenters. The van der Waals surface area contributed by atoms with Gasteiger partial charge in [0.2, 0.25) is 0 Å². The first kappa shape index (κ1) is 15.8. The monoisotopic (exact) mass is 312 g/mol. The lowest BCUT2D eigenvalue weighted by Crippen LogP contribution is -2.32. The molecule has 0 radical (unpaired) electrons. The molecule has 0 aliphatic rings. The van der Waals surface area contributed by atoms with Crippen LogP contribution in [0.25, 0.3) is 11.2 Å². The predicted molar refractivity (Wildman–Crippen MR) is 80.8 cm³/mol. The summed E-state index contributed by atoms with van der Waals surface area (Å²) >= 11 is 1.21. The fourth-order valence-electron chi connectivity index (χ4n) is 2.44. The zero-order chi connectivity index (χ0) is 15.8. The second kappa shape index (κ2) is 5.69. The number of thioether (sulfide) groups is 1. The van der Waals surface area contributed by atoms with Gasteiger partial charge in [-0.25, -0.2) is 4.98 Å². The minimum atomic E-state index is -0.863. The van der Waals surface area contributed by atoms with Crippen molar-refractivity contribution in [3.63, 3.8) is 0 Å². The van der Waals surface area contributed by atoms with Crippen LogP contribution < -0.4 is 0 Å². The number of ether oxygens (including phenoxy) is 1. The molecule has 0 amide bonds. The number of fused-ring (bicyclic) bond motifs is 1. The number of carbonyl (C=O) groups is 1. The lowest BCUT2D eigenvalue weighted by atomic mass is 10.1. The molecule has 116 valence electrons. The van der Waals surface area contributed by atoms with Crippen molar-refractivity contribution in [3.05, 3.63) is 5.69 Å². The Labute approximate surface area is 127 Å². The average molecular weight is 312 g/mol. The number of rotatable bonds is 6. The van der Waals surface area contributed by atoms with Crippen LogP contribution in [0.5, 0.6) is 0 Å². The molecule has 0 spiro atoms. The fraction of sp³-hybridized carbons (Fsp3) is 0.615. The van der Waals surface area contributed by atoms with Crippen molar-refractivity contribution in [2.45, 2.75) is 31.5 Å². The van der Waals surface area contributed by atoms with E-state index in [0.29, 0.717) is 11.8 Å². The number of methoxy groups -OCH3 is 1. The first-order valence-corrected chi connectivity index (χ1v) is 7.52. The number of hydrogen-bond acceptors (Lipinski definition) is 5. The van der Waals surface area contributed by atoms with Crippen LogP contribution in [0.4, 0.5) is 0 Å². The van der Waals surface area contributed by atoms with Crippen molar-refractivity contribution in [1.29, 1.82) is 0 Å². The summed E-state index contributed by atoms with van der Waals surface area (Å²) in [5.41, 5.74) is 2.15. The molecule has 0 saturated heterocycles. The van der Waals surface area contributed by atoms with Crippen LogP contribution in [0.3, 0.4) is 0 Å². The van der Waals surface area contributed by atoms with E-state index in [1.807, 2.05) is 32.4 Å². The van der Waals surface area contributed by atoms with Crippen molar-refractivity contribution >= 4 is 28.9 Å². The molecule has 21 heavy (non-hydrogen) atoms. The van der Waals surface area contributed by atoms with Gasteiger partial charge in [-0.1, -0.05) is 11.8 Å². The van der Waals surface area contributed by atoms with E-state index in [1.54, 1.807) is 11.8 Å². The molecule has 8 heteroatoms. The Morgan fingerprint density at radius 3 is 2.71 bits per heavy atom. The molecule has 1 N–H and O–H groups in total. The molecule has 0 bridgehead atoms. The second-order valence-corrected chi connectivity index (χ2v) is 6.48. The standard InChI is InChI=1S/C13H20N4O3S/c1-8-10-11(16(4)15-8)17(13(2,3)7-20-5)12(14-10)21-6-9(18)19/h6-7H2,1-5H3,(H,18,19). The normalized spacial score (nSPS) is 12.2. The SMILES string of the molecule is COCC(C)(C)n1c(SCC(=O)O)nc2c(C)nn(C)c21. The Hall–Kier alpha value is -1.54. The van der Waals surface area contributed by atoms with Crippen molar-refractivity contribution in [3.8, 4) is 0 Å². The van der Waals surface area contributed by atoms with Crippen LogP contribution >= 0.6 is 11.8 Å². The molecule has 0 aromatic carbocycles. The van der Waals surface area contributed by atoms with Crippen molar-refractivity contribution in [2.75, 3.05) is 19.5 Å². The Morgan fingerprint density at radius 2 is 2.14 bits per heavy atom. The number of carboxylic acid groups (broad SMARTS) is 1. The summed E-state index contributed by atoms with van der Waals surface area (Å²) in [5.74, 6) is -0.892. The minimum absolute atomic E-state index is 0.0289. The Kier molecular flexibility index (Phi) is 4.29. The highest BCUT2D eigenvalue weighted by Crippen LogP contribution is 2.32. The largest absolute Gasteiger partial charge is 0.481 e. The van der Waals surface area contributed by atoms with E-state index in [4.69, 9.17) is 9.84 Å². The summed E-state index contributed by atoms with van der Waals surface area (Å²) < 4.78 is 9.09. The maximum atomic E-state index is 10.8. The third kappa shape index (κ3) is 2.91. The molecule has 2 rings (SSSR count). The van der Waals surface area contributed by atoms with Gasteiger partial charge in [-0.05, 0) is 20.8 Å². The number of carboxylic acids is 1. The third-order valence-electron chi connectivity index (χ3n) is 3.20. The van der Waals surface area contributed by atoms with Crippen LogP contribution in [-0.2, 0) is 22.1 Å². The van der Waals surface area contributed by atoms with Crippen LogP contribution in [0, 0.1) is 6.92 Å². The summed E-state index contributed by atoms with van der Waals surface area (Å²) in [7, 11) is 3.51. The van der Waals surface area contributed by atoms with Gasteiger partial charge in [-0.15, -0.1) is 0 Å². The van der Waals surface area contributed by atoms with Crippen molar-refractivity contribution < 1.29 is 14.6 Å². The van der Waals surface area contributed by atoms with Gasteiger partial charge in [0, 0.05) is 14.2 Å². The van der Waals surface area contributed by atoms with Gasteiger partial charge in [-0.2, -0.15) is 5.10 Å². The Bertz CT molecular complexity index is 675. The van der Waals surface area contributed by atoms with E-state index in [0.717, 1.165) is 16.9 Å². The van der Waals surface area contributed by atoms with Crippen LogP contribution in [0.1, 0.15) is 19.5 Å². The molecule has 0 aliphatic carbocycles. The van der Waals surface area contributed by atoms with E-state index >= 15 is 0 Å². The van der Waals surface area contributed by atoms with Gasteiger partial charge in [0.1, 0.15) is 5.52 Å². The molecular formula is C13H20N4O3S. The van der Waals surface area contributed by atoms with Crippen LogP contribution in [0.2, 0.25) is 0 Å². The maximum Gasteiger partial charge on any atom is 0.313 e. The first-order valence-electron chi connectivity index (χ1n) is 6.54. The highest BCUT2D eigenvalue weighted by atomic mass is 32.2. The molecule has 7 nitrogen and oxygen atoms in total. The van der Waals surface area contributed by atoms with Gasteiger partial charge in [0.15, 0.2) is 10.8 Å². The number of nitrogens with zero attached hydrogens (tertiary/aromatic N) is 4. The number of hydrogen-bond donors (Lipinski definition) is 1. The molecule has 2 aromatic rings. The molecule has 2 aromatic heterocycles. The Morgan fingerprint density at radius 1 is 1.48 bits per heavy atom. The smallest absolute Gasteiger partial charge is 0.313 e. The average Bonchev–Trinajstić information content (AvgIpc) is 2.86. The molecular weight excluding hydrogens is 292 g/mol. The predicted octanol–water partition coefficient (Wildman–Crippen LogP) is 1.64. The van der Waals surface area contributed by atoms with E-state index in [9.17, 15) is 4.79 Å². The second-order valence-electron chi connectivity index (χ2n) is 5.54. The van der Waals surface area contributed by atoms with E-state index in [-0.39, 0.29) is 11.3 Å². The van der Waals surface area contributed by atoms with E-state index in [1.165, 1.54) is 11.8 Å². The first-order chi connectivity index (χ1) is 9.77. The maximum absolute atomic E-state index is 10.8. The number of aliphatic carboxylic acids is 1. The summed E-state index contributed by atoms with van der Waals surface area (Å²) in [6.07, 6.45) is 0. The minimum Gasteiger partial charge on any atom is -0.481 e. The lowest BCUT2D eigenvalue weighted by Gasteiger charge is -2.28. The van der Waals surface area contributed by atoms with Gasteiger partial charge < -0.3 is 9.84 Å². The summed E-state index contributed by atoms with van der Waals surface area (Å²) in [6.45, 7) is 6.45. The van der Waals surface area contributed by atoms with Crippen molar-refractivity contribution in [2.24, 2.45) is 7.05 Å². The highest BCUT2D eigenvalue weighted by molar-refractivity contribution is 7.99. The summed E-state index contributed by atoms with van der Waals surface area (Å²) in [5, 5.41) is 14.0. The number of aromatic nitrogens is 4. The van der Waals surface area contributed by atoms with Crippen LogP contribution in [-0.4, -0.2) is 49.9 Å². The molecule has 2 heterocycles. The Balaban J connectivity index is 2.61. The molecule has 0 aliphatic heterocycles. The lowest BCUT2D eigenvalue weighted by molar-refractivity contribution is -0.133. The van der Waals surface area contributed by atoms with Crippen LogP contribution in [0.15, 0.2) is 5.16 Å². The van der Waals surface area contributed by atoms with Gasteiger partial charge >= 0.3 is 5.97 Å². The molecule has 0 unspecified atom stereocenters. The summed E-state index contributed by atoms with van der Waals surface area (Å²) in [4.78, 5) is 15.4. The quantitative estimate of drug-likeness (QED) is 0.817. The van der Waals surface area contributed by atoms with Gasteiger partial charge in [-0.3, -0.25) is 14.0 Å². The van der Waals surface area contributed by atoms with Gasteiger partial charge in [0.25, 0.3) is 0 Å². The number of aryl methyl sites for hydroxylation is 2. The van der Waals surface area contributed by atoms with Crippen molar-refractivity contribution in [1.82, 2.24) is 19.3 Å². The fourth-order valence-corrected chi connectivity index (χ4v) is 3.31. The molecule has 0 saturated carbocycles. The third-order valence-corrected chi connectivity index (χ3v) is 4.12. The number of imidazole rings is 1. The van der Waals surface area contributed by atoms with E-state index in [2.05, 4.69) is 10.1 Å². The zero-order valence-corrected chi connectivity index (χ0v) is 13.7. The van der Waals surface area contributed by atoms with E-state index < -0.39 is 5.97 Å².